The Morgan fingerprint density at radius 3 is 2.00 bits per heavy atom. The highest BCUT2D eigenvalue weighted by atomic mass is 32.2. The zero-order chi connectivity index (χ0) is 39.3. The number of anilines is 6. The fourth-order valence-corrected chi connectivity index (χ4v) is 6.20. The summed E-state index contributed by atoms with van der Waals surface area (Å²) >= 11 is 1.65. The van der Waals surface area contributed by atoms with Gasteiger partial charge in [-0.1, -0.05) is 42.5 Å². The van der Waals surface area contributed by atoms with Gasteiger partial charge < -0.3 is 26.6 Å². The lowest BCUT2D eigenvalue weighted by molar-refractivity contribution is 0.261. The van der Waals surface area contributed by atoms with Crippen molar-refractivity contribution in [2.45, 2.75) is 24.5 Å². The van der Waals surface area contributed by atoms with Gasteiger partial charge in [0.15, 0.2) is 0 Å². The number of aromatic nitrogens is 1. The first-order valence-electron chi connectivity index (χ1n) is 17.3. The molecule has 0 aliphatic heterocycles. The third-order valence-corrected chi connectivity index (χ3v) is 9.19. The lowest BCUT2D eigenvalue weighted by atomic mass is 10.1. The van der Waals surface area contributed by atoms with Gasteiger partial charge in [0.2, 0.25) is 0 Å². The first-order valence-corrected chi connectivity index (χ1v) is 18.3. The van der Waals surface area contributed by atoms with Gasteiger partial charge >= 0.3 is 29.8 Å². The van der Waals surface area contributed by atoms with Gasteiger partial charge in [-0.2, -0.15) is 5.26 Å². The third kappa shape index (κ3) is 11.2. The minimum atomic E-state index is -0.493. The second-order valence-electron chi connectivity index (χ2n) is 12.4. The first-order chi connectivity index (χ1) is 27.2. The van der Waals surface area contributed by atoms with Crippen molar-refractivity contribution < 1.29 is 14.4 Å². The van der Waals surface area contributed by atoms with Crippen molar-refractivity contribution in [3.63, 3.8) is 0 Å². The van der Waals surface area contributed by atoms with E-state index >= 15 is 0 Å². The highest BCUT2D eigenvalue weighted by Crippen LogP contribution is 2.28. The van der Waals surface area contributed by atoms with Crippen LogP contribution < -0.4 is 31.9 Å². The maximum atomic E-state index is 12.8. The van der Waals surface area contributed by atoms with Crippen LogP contribution in [0.4, 0.5) is 54.3 Å². The van der Waals surface area contributed by atoms with Crippen molar-refractivity contribution in [1.82, 2.24) is 4.98 Å². The molecule has 6 N–H and O–H groups in total. The van der Waals surface area contributed by atoms with Crippen molar-refractivity contribution >= 4 is 69.8 Å². The summed E-state index contributed by atoms with van der Waals surface area (Å²) in [4.78, 5) is 47.2. The monoisotopic (exact) mass is 758 g/mol. The SMILES string of the molecule is Cc1ccccc1NC(=O)Nc1cccc(SCc2ccc(NC(=O)Nc3ccc(C#[N+]c4ccc(NC(=O)Nc5cccc(C#N)c5)nc4)cc3)c(C)c2)c1. The maximum absolute atomic E-state index is 12.8. The molecule has 0 aliphatic rings. The Bertz CT molecular complexity index is 2490. The molecule has 276 valence electrons. The zero-order valence-electron chi connectivity index (χ0n) is 30.4. The zero-order valence-corrected chi connectivity index (χ0v) is 31.2. The van der Waals surface area contributed by atoms with Crippen LogP contribution in [0.25, 0.3) is 4.85 Å². The number of aryl methyl sites for hydroxylation is 2. The summed E-state index contributed by atoms with van der Waals surface area (Å²) < 4.78 is 0. The summed E-state index contributed by atoms with van der Waals surface area (Å²) in [5.41, 5.74) is 7.89. The van der Waals surface area contributed by atoms with Gasteiger partial charge in [0.25, 0.3) is 0 Å². The topological polar surface area (TPSA) is 164 Å². The molecule has 13 heteroatoms. The largest absolute Gasteiger partial charge is 0.358 e. The van der Waals surface area contributed by atoms with E-state index in [1.165, 1.54) is 6.20 Å². The van der Waals surface area contributed by atoms with Gasteiger partial charge in [-0.15, -0.1) is 11.8 Å². The number of nitrogens with one attached hydrogen (secondary N) is 6. The van der Waals surface area contributed by atoms with E-state index in [1.807, 2.05) is 86.6 Å². The van der Waals surface area contributed by atoms with E-state index in [0.717, 1.165) is 27.3 Å². The van der Waals surface area contributed by atoms with E-state index in [2.05, 4.69) is 47.8 Å². The maximum Gasteiger partial charge on any atom is 0.358 e. The molecule has 12 nitrogen and oxygen atoms in total. The fourth-order valence-electron chi connectivity index (χ4n) is 5.30. The molecule has 56 heavy (non-hydrogen) atoms. The molecule has 1 heterocycles. The Balaban J connectivity index is 0.946. The molecule has 0 atom stereocenters. The number of carbonyl (C=O) groups excluding carboxylic acids is 3. The molecular formula is C43H36N9O3S+. The molecule has 1 aromatic heterocycles. The number of hydrogen-bond donors (Lipinski definition) is 6. The number of amides is 6. The normalized spacial score (nSPS) is 10.2. The number of thioether (sulfide) groups is 1. The van der Waals surface area contributed by atoms with Crippen molar-refractivity contribution in [2.75, 3.05) is 31.9 Å². The molecule has 0 radical (unpaired) electrons. The number of urea groups is 3. The lowest BCUT2D eigenvalue weighted by Crippen LogP contribution is -2.20. The average Bonchev–Trinajstić information content (AvgIpc) is 3.19. The first kappa shape index (κ1) is 38.1. The van der Waals surface area contributed by atoms with Crippen molar-refractivity contribution in [1.29, 1.82) is 5.26 Å². The van der Waals surface area contributed by atoms with Crippen molar-refractivity contribution in [3.8, 4) is 12.1 Å². The Labute approximate surface area is 328 Å². The van der Waals surface area contributed by atoms with Crippen LogP contribution >= 0.6 is 11.8 Å². The highest BCUT2D eigenvalue weighted by Gasteiger charge is 2.10. The van der Waals surface area contributed by atoms with E-state index in [0.29, 0.717) is 51.1 Å². The van der Waals surface area contributed by atoms with E-state index in [1.54, 1.807) is 72.4 Å². The minimum absolute atomic E-state index is 0.302. The molecule has 6 aromatic rings. The van der Waals surface area contributed by atoms with Gasteiger partial charge in [-0.25, -0.2) is 19.4 Å². The quantitative estimate of drug-likeness (QED) is 0.0803. The lowest BCUT2D eigenvalue weighted by Gasteiger charge is -2.12. The summed E-state index contributed by atoms with van der Waals surface area (Å²) in [5.74, 6) is 1.03. The third-order valence-electron chi connectivity index (χ3n) is 8.13. The molecule has 6 amide bonds. The Hall–Kier alpha value is -7.61. The van der Waals surface area contributed by atoms with Crippen LogP contribution in [0.1, 0.15) is 27.8 Å². The predicted molar refractivity (Wildman–Crippen MR) is 224 cm³/mol. The van der Waals surface area contributed by atoms with E-state index < -0.39 is 6.03 Å². The van der Waals surface area contributed by atoms with Crippen LogP contribution in [-0.4, -0.2) is 23.1 Å². The summed E-state index contributed by atoms with van der Waals surface area (Å²) in [7, 11) is 0. The van der Waals surface area contributed by atoms with E-state index in [4.69, 9.17) is 5.26 Å². The van der Waals surface area contributed by atoms with Crippen LogP contribution in [0.5, 0.6) is 0 Å². The Kier molecular flexibility index (Phi) is 12.5. The van der Waals surface area contributed by atoms with Crippen LogP contribution in [-0.2, 0) is 5.75 Å². The molecule has 0 saturated carbocycles. The van der Waals surface area contributed by atoms with Gasteiger partial charge in [0.1, 0.15) is 17.6 Å². The number of benzene rings is 5. The van der Waals surface area contributed by atoms with Gasteiger partial charge in [0.05, 0.1) is 11.6 Å². The fraction of sp³-hybridized carbons (Fsp3) is 0.0698. The van der Waals surface area contributed by atoms with Crippen LogP contribution in [0.15, 0.2) is 138 Å². The van der Waals surface area contributed by atoms with Crippen LogP contribution in [0.3, 0.4) is 0 Å². The van der Waals surface area contributed by atoms with Crippen molar-refractivity contribution in [2.24, 2.45) is 0 Å². The molecule has 5 aromatic carbocycles. The number of rotatable bonds is 9. The molecular weight excluding hydrogens is 723 g/mol. The molecule has 0 unspecified atom stereocenters. The second kappa shape index (κ2) is 18.4. The molecule has 0 bridgehead atoms. The summed E-state index contributed by atoms with van der Waals surface area (Å²) in [6.45, 7) is 3.89. The number of para-hydroxylation sites is 1. The highest BCUT2D eigenvalue weighted by molar-refractivity contribution is 7.98. The summed E-state index contributed by atoms with van der Waals surface area (Å²) in [6, 6.07) is 42.0. The number of nitriles is 1. The Morgan fingerprint density at radius 1 is 0.625 bits per heavy atom. The van der Waals surface area contributed by atoms with Gasteiger partial charge in [0, 0.05) is 45.2 Å². The summed E-state index contributed by atoms with van der Waals surface area (Å²) in [5, 5.41) is 25.9. The molecule has 0 saturated heterocycles. The molecule has 0 fully saturated rings. The van der Waals surface area contributed by atoms with E-state index in [9.17, 15) is 14.4 Å². The Morgan fingerprint density at radius 2 is 1.30 bits per heavy atom. The van der Waals surface area contributed by atoms with Crippen LogP contribution in [0.2, 0.25) is 0 Å². The predicted octanol–water partition coefficient (Wildman–Crippen LogP) is 10.8. The minimum Gasteiger partial charge on any atom is -0.308 e. The smallest absolute Gasteiger partial charge is 0.308 e. The number of hydrogen-bond acceptors (Lipinski definition) is 6. The van der Waals surface area contributed by atoms with Crippen LogP contribution in [0, 0.1) is 31.2 Å². The average molecular weight is 759 g/mol. The molecule has 0 spiro atoms. The molecule has 0 aliphatic carbocycles. The summed E-state index contributed by atoms with van der Waals surface area (Å²) in [6.07, 6.45) is 1.50. The second-order valence-corrected chi connectivity index (χ2v) is 13.5. The number of nitrogens with zero attached hydrogens (tertiary/aromatic N) is 3. The molecule has 6 rings (SSSR count). The number of carbonyl (C=O) groups is 3. The van der Waals surface area contributed by atoms with E-state index in [-0.39, 0.29) is 12.1 Å². The number of pyridine rings is 1. The van der Waals surface area contributed by atoms with Crippen molar-refractivity contribution in [3.05, 3.63) is 166 Å². The van der Waals surface area contributed by atoms with Gasteiger partial charge in [-0.3, -0.25) is 5.32 Å². The standard InChI is InChI=1S/C43H35N9O3S/c1-28-7-3-4-12-38(28)50-42(54)49-35-10-6-11-37(23-35)56-27-32-15-19-39(29(2)21-32)51-41(53)47-33-16-13-30(14-17-33)25-45-36-18-20-40(46-26-36)52-43(55)48-34-9-5-8-31(22-34)24-44/h3-23,26H,27H2,1-2H3,(H5,46,48,49,50,51,52,53,54,55)/p+1. The van der Waals surface area contributed by atoms with Gasteiger partial charge in [-0.05, 0) is 114 Å².